The fourth-order valence-electron chi connectivity index (χ4n) is 2.59. The molecule has 2 aromatic heterocycles. The molecule has 1 N–H and O–H groups in total. The lowest BCUT2D eigenvalue weighted by Crippen LogP contribution is -2.43. The van der Waals surface area contributed by atoms with Crippen LogP contribution in [0.1, 0.15) is 18.1 Å². The molecule has 0 spiro atoms. The molecule has 0 fully saturated rings. The zero-order valence-electron chi connectivity index (χ0n) is 15.3. The van der Waals surface area contributed by atoms with Gasteiger partial charge in [-0.15, -0.1) is 11.3 Å². The highest BCUT2D eigenvalue weighted by Crippen LogP contribution is 2.25. The fraction of sp³-hybridized carbons (Fsp3) is 0.211. The van der Waals surface area contributed by atoms with Gasteiger partial charge in [0.2, 0.25) is 5.91 Å². The fourth-order valence-corrected chi connectivity index (χ4v) is 3.32. The number of hydrogen-bond donors (Lipinski definition) is 1. The van der Waals surface area contributed by atoms with Crippen LogP contribution in [0.4, 0.5) is 5.13 Å². The van der Waals surface area contributed by atoms with Crippen molar-refractivity contribution in [1.82, 2.24) is 14.1 Å². The number of nitrogens with zero attached hydrogens (tertiary/aromatic N) is 4. The van der Waals surface area contributed by atoms with Crippen LogP contribution in [-0.2, 0) is 17.9 Å². The number of benzene rings is 1. The molecule has 0 saturated carbocycles. The van der Waals surface area contributed by atoms with Crippen molar-refractivity contribution in [3.05, 3.63) is 67.8 Å². The summed E-state index contributed by atoms with van der Waals surface area (Å²) in [6, 6.07) is 9.58. The van der Waals surface area contributed by atoms with Gasteiger partial charge in [0, 0.05) is 23.7 Å². The monoisotopic (exact) mass is 395 g/mol. The van der Waals surface area contributed by atoms with Crippen LogP contribution in [0, 0.1) is 18.3 Å². The van der Waals surface area contributed by atoms with Crippen molar-refractivity contribution < 1.29 is 4.79 Å². The largest absolute Gasteiger partial charge is 0.331 e. The van der Waals surface area contributed by atoms with E-state index in [-0.39, 0.29) is 12.1 Å². The van der Waals surface area contributed by atoms with Gasteiger partial charge in [-0.05, 0) is 13.8 Å². The molecule has 0 radical (unpaired) electrons. The summed E-state index contributed by atoms with van der Waals surface area (Å²) in [6.07, 6.45) is 1.20. The second kappa shape index (κ2) is 8.02. The molecular weight excluding hydrogens is 378 g/mol. The number of hydrogen-bond acceptors (Lipinski definition) is 6. The molecule has 0 aliphatic heterocycles. The maximum Gasteiger partial charge on any atom is 0.331 e. The molecule has 0 saturated heterocycles. The molecule has 3 aromatic rings. The molecule has 8 nitrogen and oxygen atoms in total. The van der Waals surface area contributed by atoms with Gasteiger partial charge in [-0.3, -0.25) is 14.2 Å². The second-order valence-corrected chi connectivity index (χ2v) is 6.92. The highest BCUT2D eigenvalue weighted by atomic mass is 32.1. The summed E-state index contributed by atoms with van der Waals surface area (Å²) in [7, 11) is 0. The normalized spacial score (nSPS) is 10.5. The summed E-state index contributed by atoms with van der Waals surface area (Å²) >= 11 is 1.25. The van der Waals surface area contributed by atoms with Crippen LogP contribution in [0.3, 0.4) is 0 Å². The first-order valence-electron chi connectivity index (χ1n) is 8.49. The van der Waals surface area contributed by atoms with Crippen molar-refractivity contribution in [3.63, 3.8) is 0 Å². The number of aryl methyl sites for hydroxylation is 2. The first-order chi connectivity index (χ1) is 13.4. The lowest BCUT2D eigenvalue weighted by molar-refractivity contribution is -0.116. The highest BCUT2D eigenvalue weighted by molar-refractivity contribution is 7.14. The number of anilines is 1. The van der Waals surface area contributed by atoms with Gasteiger partial charge in [-0.2, -0.15) is 5.26 Å². The van der Waals surface area contributed by atoms with Crippen LogP contribution in [0.5, 0.6) is 0 Å². The lowest BCUT2D eigenvalue weighted by Gasteiger charge is -2.09. The molecule has 9 heteroatoms. The minimum absolute atomic E-state index is 0.190. The molecule has 1 amide bonds. The van der Waals surface area contributed by atoms with Gasteiger partial charge in [0.25, 0.3) is 5.56 Å². The van der Waals surface area contributed by atoms with Gasteiger partial charge in [0.05, 0.1) is 5.69 Å². The van der Waals surface area contributed by atoms with E-state index in [1.807, 2.05) is 36.6 Å². The standard InChI is InChI=1S/C19H17N5O3S/c1-3-23-9-14(8-20)17(26)24(19(23)27)10-16(25)22-18-21-15(11-28-18)13-6-4-12(2)5-7-13/h4-7,9,11H,3,10H2,1-2H3,(H,21,22,25). The Hall–Kier alpha value is -3.51. The molecule has 0 bridgehead atoms. The third-order valence-corrected chi connectivity index (χ3v) is 4.86. The van der Waals surface area contributed by atoms with Crippen molar-refractivity contribution >= 4 is 22.4 Å². The van der Waals surface area contributed by atoms with E-state index < -0.39 is 23.7 Å². The van der Waals surface area contributed by atoms with E-state index in [0.717, 1.165) is 21.4 Å². The summed E-state index contributed by atoms with van der Waals surface area (Å²) in [5, 5.41) is 13.8. The molecule has 0 atom stereocenters. The van der Waals surface area contributed by atoms with Gasteiger partial charge >= 0.3 is 5.69 Å². The van der Waals surface area contributed by atoms with E-state index in [4.69, 9.17) is 5.26 Å². The van der Waals surface area contributed by atoms with Crippen LogP contribution in [0.15, 0.2) is 45.4 Å². The Balaban J connectivity index is 1.80. The van der Waals surface area contributed by atoms with Crippen LogP contribution >= 0.6 is 11.3 Å². The number of nitriles is 1. The quantitative estimate of drug-likeness (QED) is 0.710. The molecular formula is C19H17N5O3S. The number of carbonyl (C=O) groups excluding carboxylic acids is 1. The predicted molar refractivity (Wildman–Crippen MR) is 106 cm³/mol. The maximum absolute atomic E-state index is 12.3. The predicted octanol–water partition coefficient (Wildman–Crippen LogP) is 1.97. The molecule has 1 aromatic carbocycles. The SMILES string of the molecule is CCn1cc(C#N)c(=O)n(CC(=O)Nc2nc(-c3ccc(C)cc3)cs2)c1=O. The Morgan fingerprint density at radius 2 is 2.00 bits per heavy atom. The smallest absolute Gasteiger partial charge is 0.300 e. The number of aromatic nitrogens is 3. The van der Waals surface area contributed by atoms with Crippen molar-refractivity contribution in [2.75, 3.05) is 5.32 Å². The number of carbonyl (C=O) groups is 1. The summed E-state index contributed by atoms with van der Waals surface area (Å²) in [6.45, 7) is 3.49. The molecule has 0 aliphatic carbocycles. The summed E-state index contributed by atoms with van der Waals surface area (Å²) in [4.78, 5) is 41.3. The minimum Gasteiger partial charge on any atom is -0.300 e. The van der Waals surface area contributed by atoms with E-state index in [2.05, 4.69) is 10.3 Å². The van der Waals surface area contributed by atoms with E-state index in [9.17, 15) is 14.4 Å². The molecule has 0 unspecified atom stereocenters. The third kappa shape index (κ3) is 3.92. The van der Waals surface area contributed by atoms with Crippen LogP contribution < -0.4 is 16.6 Å². The Bertz CT molecular complexity index is 1180. The number of thiazole rings is 1. The van der Waals surface area contributed by atoms with Gasteiger partial charge in [-0.1, -0.05) is 29.8 Å². The Labute approximate surface area is 164 Å². The van der Waals surface area contributed by atoms with Gasteiger partial charge in [-0.25, -0.2) is 14.3 Å². The average molecular weight is 395 g/mol. The first kappa shape index (κ1) is 19.3. The van der Waals surface area contributed by atoms with Crippen LogP contribution in [0.2, 0.25) is 0 Å². The molecule has 0 aliphatic rings. The minimum atomic E-state index is -0.785. The van der Waals surface area contributed by atoms with Gasteiger partial charge < -0.3 is 5.32 Å². The molecule has 2 heterocycles. The van der Waals surface area contributed by atoms with Crippen molar-refractivity contribution in [3.8, 4) is 17.3 Å². The average Bonchev–Trinajstić information content (AvgIpc) is 3.14. The first-order valence-corrected chi connectivity index (χ1v) is 9.37. The summed E-state index contributed by atoms with van der Waals surface area (Å²) in [5.41, 5.74) is 1.16. The summed E-state index contributed by atoms with van der Waals surface area (Å²) in [5.74, 6) is -0.568. The Morgan fingerprint density at radius 3 is 2.64 bits per heavy atom. The molecule has 28 heavy (non-hydrogen) atoms. The van der Waals surface area contributed by atoms with Crippen molar-refractivity contribution in [2.45, 2.75) is 26.9 Å². The van der Waals surface area contributed by atoms with Crippen LogP contribution in [0.25, 0.3) is 11.3 Å². The lowest BCUT2D eigenvalue weighted by atomic mass is 10.1. The van der Waals surface area contributed by atoms with Gasteiger partial charge in [0.1, 0.15) is 18.2 Å². The zero-order chi connectivity index (χ0) is 20.3. The highest BCUT2D eigenvalue weighted by Gasteiger charge is 2.15. The molecule has 3 rings (SSSR count). The van der Waals surface area contributed by atoms with Crippen LogP contribution in [-0.4, -0.2) is 20.0 Å². The number of nitrogens with one attached hydrogen (secondary N) is 1. The second-order valence-electron chi connectivity index (χ2n) is 6.07. The number of rotatable bonds is 5. The van der Waals surface area contributed by atoms with Crippen molar-refractivity contribution in [1.29, 1.82) is 5.26 Å². The van der Waals surface area contributed by atoms with E-state index in [0.29, 0.717) is 5.13 Å². The van der Waals surface area contributed by atoms with E-state index >= 15 is 0 Å². The topological polar surface area (TPSA) is 110 Å². The third-order valence-electron chi connectivity index (χ3n) is 4.10. The van der Waals surface area contributed by atoms with Gasteiger partial charge in [0.15, 0.2) is 5.13 Å². The summed E-state index contributed by atoms with van der Waals surface area (Å²) < 4.78 is 1.97. The van der Waals surface area contributed by atoms with Crippen molar-refractivity contribution in [2.24, 2.45) is 0 Å². The maximum atomic E-state index is 12.3. The van der Waals surface area contributed by atoms with E-state index in [1.165, 1.54) is 22.1 Å². The number of amides is 1. The Kier molecular flexibility index (Phi) is 5.52. The Morgan fingerprint density at radius 1 is 1.29 bits per heavy atom. The molecule has 142 valence electrons. The van der Waals surface area contributed by atoms with E-state index in [1.54, 1.807) is 13.0 Å². The zero-order valence-corrected chi connectivity index (χ0v) is 16.1.